The van der Waals surface area contributed by atoms with E-state index in [2.05, 4.69) is 10.6 Å². The maximum Gasteiger partial charge on any atom is 0.235 e. The molecule has 5 heteroatoms. The Morgan fingerprint density at radius 2 is 1.83 bits per heavy atom. The van der Waals surface area contributed by atoms with Gasteiger partial charge in [0, 0.05) is 19.7 Å². The molecule has 5 nitrogen and oxygen atoms in total. The lowest BCUT2D eigenvalue weighted by molar-refractivity contribution is -0.141. The summed E-state index contributed by atoms with van der Waals surface area (Å²) >= 11 is 0. The second-order valence-electron chi connectivity index (χ2n) is 5.33. The minimum absolute atomic E-state index is 0.190. The molecule has 0 bridgehead atoms. The Labute approximate surface area is 109 Å². The number of carbonyl (C=O) groups is 2. The molecule has 1 rings (SSSR count). The van der Waals surface area contributed by atoms with Crippen molar-refractivity contribution in [2.24, 2.45) is 5.41 Å². The molecule has 0 aromatic carbocycles. The van der Waals surface area contributed by atoms with Crippen LogP contribution in [-0.4, -0.2) is 38.1 Å². The monoisotopic (exact) mass is 256 g/mol. The van der Waals surface area contributed by atoms with Crippen molar-refractivity contribution >= 4 is 11.8 Å². The molecule has 0 saturated heterocycles. The highest BCUT2D eigenvalue weighted by Gasteiger charge is 2.37. The van der Waals surface area contributed by atoms with Crippen LogP contribution in [0.25, 0.3) is 0 Å². The Bertz CT molecular complexity index is 297. The van der Waals surface area contributed by atoms with E-state index in [1.54, 1.807) is 21.0 Å². The fourth-order valence-electron chi connectivity index (χ4n) is 2.03. The number of methoxy groups -OCH3 is 1. The third kappa shape index (κ3) is 3.98. The Kier molecular flexibility index (Phi) is 5.59. The fraction of sp³-hybridized carbons (Fsp3) is 0.846. The molecule has 0 heterocycles. The highest BCUT2D eigenvalue weighted by molar-refractivity contribution is 6.04. The molecule has 1 fully saturated rings. The van der Waals surface area contributed by atoms with Crippen molar-refractivity contribution in [1.29, 1.82) is 0 Å². The topological polar surface area (TPSA) is 67.4 Å². The minimum Gasteiger partial charge on any atom is -0.383 e. The number of ether oxygens (including phenoxy) is 1. The second-order valence-corrected chi connectivity index (χ2v) is 5.33. The average Bonchev–Trinajstić information content (AvgIpc) is 2.81. The first-order valence-corrected chi connectivity index (χ1v) is 6.56. The third-order valence-corrected chi connectivity index (χ3v) is 3.42. The van der Waals surface area contributed by atoms with Crippen LogP contribution in [0.5, 0.6) is 0 Å². The van der Waals surface area contributed by atoms with Crippen molar-refractivity contribution < 1.29 is 14.3 Å². The van der Waals surface area contributed by atoms with Crippen LogP contribution < -0.4 is 10.6 Å². The van der Waals surface area contributed by atoms with Gasteiger partial charge in [-0.2, -0.15) is 0 Å². The van der Waals surface area contributed by atoms with Gasteiger partial charge in [-0.1, -0.05) is 12.8 Å². The summed E-state index contributed by atoms with van der Waals surface area (Å²) in [5.41, 5.74) is -1.03. The molecule has 1 saturated carbocycles. The number of hydrogen-bond donors (Lipinski definition) is 2. The molecule has 2 N–H and O–H groups in total. The van der Waals surface area contributed by atoms with Crippen LogP contribution in [0.1, 0.15) is 39.5 Å². The Balaban J connectivity index is 2.44. The van der Waals surface area contributed by atoms with E-state index >= 15 is 0 Å². The molecule has 104 valence electrons. The maximum absolute atomic E-state index is 12.1. The summed E-state index contributed by atoms with van der Waals surface area (Å²) in [4.78, 5) is 24.0. The van der Waals surface area contributed by atoms with E-state index in [-0.39, 0.29) is 17.9 Å². The van der Waals surface area contributed by atoms with Crippen molar-refractivity contribution in [1.82, 2.24) is 10.6 Å². The van der Waals surface area contributed by atoms with Gasteiger partial charge in [-0.25, -0.2) is 0 Å². The van der Waals surface area contributed by atoms with Crippen molar-refractivity contribution in [2.45, 2.75) is 45.6 Å². The van der Waals surface area contributed by atoms with Crippen LogP contribution in [-0.2, 0) is 14.3 Å². The summed E-state index contributed by atoms with van der Waals surface area (Å²) < 4.78 is 4.86. The second kappa shape index (κ2) is 6.73. The Morgan fingerprint density at radius 1 is 1.22 bits per heavy atom. The standard InChI is InChI=1S/C13H24N2O3/c1-13(2,11(16)14-8-9-18-3)12(17)15-10-6-4-5-7-10/h10H,4-9H2,1-3H3,(H,14,16)(H,15,17). The first kappa shape index (κ1) is 15.0. The van der Waals surface area contributed by atoms with Crippen molar-refractivity contribution in [3.05, 3.63) is 0 Å². The summed E-state index contributed by atoms with van der Waals surface area (Å²) in [6, 6.07) is 0.239. The molecule has 1 aliphatic carbocycles. The molecular weight excluding hydrogens is 232 g/mol. The van der Waals surface area contributed by atoms with Gasteiger partial charge in [-0.15, -0.1) is 0 Å². The third-order valence-electron chi connectivity index (χ3n) is 3.42. The largest absolute Gasteiger partial charge is 0.383 e. The van der Waals surface area contributed by atoms with Gasteiger partial charge < -0.3 is 15.4 Å². The van der Waals surface area contributed by atoms with Crippen molar-refractivity contribution in [3.63, 3.8) is 0 Å². The summed E-state index contributed by atoms with van der Waals surface area (Å²) in [6.07, 6.45) is 4.36. The van der Waals surface area contributed by atoms with Crippen LogP contribution in [0, 0.1) is 5.41 Å². The van der Waals surface area contributed by atoms with Gasteiger partial charge in [0.1, 0.15) is 5.41 Å². The Morgan fingerprint density at radius 3 is 2.39 bits per heavy atom. The zero-order valence-electron chi connectivity index (χ0n) is 11.5. The SMILES string of the molecule is COCCNC(=O)C(C)(C)C(=O)NC1CCCC1. The molecular formula is C13H24N2O3. The summed E-state index contributed by atoms with van der Waals surface area (Å²) in [6.45, 7) is 4.18. The number of amides is 2. The summed E-state index contributed by atoms with van der Waals surface area (Å²) in [5.74, 6) is -0.445. The van der Waals surface area contributed by atoms with Crippen LogP contribution in [0.15, 0.2) is 0 Å². The molecule has 0 aromatic heterocycles. The molecule has 1 aliphatic rings. The Hall–Kier alpha value is -1.10. The predicted octanol–water partition coefficient (Wildman–Crippen LogP) is 0.834. The zero-order valence-corrected chi connectivity index (χ0v) is 11.5. The number of carbonyl (C=O) groups excluding carboxylic acids is 2. The summed E-state index contributed by atoms with van der Waals surface area (Å²) in [7, 11) is 1.57. The van der Waals surface area contributed by atoms with E-state index in [0.717, 1.165) is 25.7 Å². The number of rotatable bonds is 6. The van der Waals surface area contributed by atoms with Gasteiger partial charge in [0.2, 0.25) is 11.8 Å². The molecule has 0 aliphatic heterocycles. The first-order chi connectivity index (χ1) is 8.48. The van der Waals surface area contributed by atoms with Crippen molar-refractivity contribution in [3.8, 4) is 0 Å². The fourth-order valence-corrected chi connectivity index (χ4v) is 2.03. The predicted molar refractivity (Wildman–Crippen MR) is 69.1 cm³/mol. The van der Waals surface area contributed by atoms with Gasteiger partial charge in [0.15, 0.2) is 0 Å². The van der Waals surface area contributed by atoms with E-state index in [4.69, 9.17) is 4.74 Å². The first-order valence-electron chi connectivity index (χ1n) is 6.56. The van der Waals surface area contributed by atoms with E-state index in [1.807, 2.05) is 0 Å². The van der Waals surface area contributed by atoms with Crippen LogP contribution in [0.4, 0.5) is 0 Å². The molecule has 0 spiro atoms. The summed E-state index contributed by atoms with van der Waals surface area (Å²) in [5, 5.41) is 5.66. The van der Waals surface area contributed by atoms with Gasteiger partial charge in [0.25, 0.3) is 0 Å². The van der Waals surface area contributed by atoms with Crippen LogP contribution in [0.3, 0.4) is 0 Å². The smallest absolute Gasteiger partial charge is 0.235 e. The molecule has 0 unspecified atom stereocenters. The van der Waals surface area contributed by atoms with Crippen LogP contribution >= 0.6 is 0 Å². The molecule has 0 radical (unpaired) electrons. The normalized spacial score (nSPS) is 16.6. The van der Waals surface area contributed by atoms with Crippen molar-refractivity contribution in [2.75, 3.05) is 20.3 Å². The number of nitrogens with one attached hydrogen (secondary N) is 2. The van der Waals surface area contributed by atoms with Crippen LogP contribution in [0.2, 0.25) is 0 Å². The van der Waals surface area contributed by atoms with E-state index in [0.29, 0.717) is 13.2 Å². The minimum atomic E-state index is -1.03. The highest BCUT2D eigenvalue weighted by atomic mass is 16.5. The molecule has 2 amide bonds. The average molecular weight is 256 g/mol. The maximum atomic E-state index is 12.1. The molecule has 18 heavy (non-hydrogen) atoms. The quantitative estimate of drug-likeness (QED) is 0.546. The number of hydrogen-bond acceptors (Lipinski definition) is 3. The highest BCUT2D eigenvalue weighted by Crippen LogP contribution is 2.21. The lowest BCUT2D eigenvalue weighted by Gasteiger charge is -2.24. The lowest BCUT2D eigenvalue weighted by atomic mass is 9.90. The molecule has 0 aromatic rings. The van der Waals surface area contributed by atoms with E-state index in [1.165, 1.54) is 0 Å². The van der Waals surface area contributed by atoms with E-state index in [9.17, 15) is 9.59 Å². The van der Waals surface area contributed by atoms with Gasteiger partial charge in [-0.05, 0) is 26.7 Å². The van der Waals surface area contributed by atoms with Gasteiger partial charge >= 0.3 is 0 Å². The lowest BCUT2D eigenvalue weighted by Crippen LogP contribution is -2.50. The zero-order chi connectivity index (χ0) is 13.6. The van der Waals surface area contributed by atoms with Gasteiger partial charge in [0.05, 0.1) is 6.61 Å². The molecule has 0 atom stereocenters. The van der Waals surface area contributed by atoms with E-state index < -0.39 is 5.41 Å². The van der Waals surface area contributed by atoms with Gasteiger partial charge in [-0.3, -0.25) is 9.59 Å².